The molecule has 124 valence electrons. The number of aliphatic hydroxyl groups is 1. The zero-order valence-corrected chi connectivity index (χ0v) is 13.1. The summed E-state index contributed by atoms with van der Waals surface area (Å²) >= 11 is 0. The number of anilines is 1. The van der Waals surface area contributed by atoms with E-state index < -0.39 is 16.9 Å². The zero-order valence-electron chi connectivity index (χ0n) is 13.1. The maximum absolute atomic E-state index is 13.1. The van der Waals surface area contributed by atoms with Crippen molar-refractivity contribution in [3.05, 3.63) is 75.8 Å². The minimum Gasteiger partial charge on any atom is -0.396 e. The molecule has 1 atom stereocenters. The van der Waals surface area contributed by atoms with E-state index in [-0.39, 0.29) is 18.9 Å². The normalized spacial score (nSPS) is 19.4. The molecule has 24 heavy (non-hydrogen) atoms. The Morgan fingerprint density at radius 1 is 1.08 bits per heavy atom. The average molecular weight is 326 g/mol. The van der Waals surface area contributed by atoms with Crippen LogP contribution in [0.1, 0.15) is 17.5 Å². The molecule has 0 fully saturated rings. The van der Waals surface area contributed by atoms with Gasteiger partial charge in [-0.05, 0) is 23.6 Å². The number of benzene rings is 2. The number of rotatable bonds is 6. The average Bonchev–Trinajstić information content (AvgIpc) is 2.79. The summed E-state index contributed by atoms with van der Waals surface area (Å²) in [6, 6.07) is 16.6. The van der Waals surface area contributed by atoms with E-state index >= 15 is 0 Å². The fourth-order valence-corrected chi connectivity index (χ4v) is 3.40. The van der Waals surface area contributed by atoms with Gasteiger partial charge in [-0.3, -0.25) is 14.9 Å². The maximum atomic E-state index is 13.1. The lowest BCUT2D eigenvalue weighted by Crippen LogP contribution is -2.45. The van der Waals surface area contributed by atoms with Gasteiger partial charge < -0.3 is 10.0 Å². The fraction of sp³-hybridized carbons (Fsp3) is 0.278. The van der Waals surface area contributed by atoms with Crippen molar-refractivity contribution in [3.63, 3.8) is 0 Å². The topological polar surface area (TPSA) is 83.7 Å². The summed E-state index contributed by atoms with van der Waals surface area (Å²) in [6.45, 7) is -0.455. The molecule has 0 radical (unpaired) electrons. The maximum Gasteiger partial charge on any atom is 0.244 e. The number of fused-ring (bicyclic) bond motifs is 1. The lowest BCUT2D eigenvalue weighted by atomic mass is 9.79. The van der Waals surface area contributed by atoms with Gasteiger partial charge >= 0.3 is 0 Å². The highest BCUT2D eigenvalue weighted by Crippen LogP contribution is 2.44. The minimum absolute atomic E-state index is 0.0368. The number of hydrogen-bond acceptors (Lipinski definition) is 4. The van der Waals surface area contributed by atoms with Crippen LogP contribution < -0.4 is 4.90 Å². The molecule has 3 rings (SSSR count). The van der Waals surface area contributed by atoms with Crippen LogP contribution in [0.4, 0.5) is 5.69 Å². The molecule has 1 N–H and O–H groups in total. The number of carbonyl (C=O) groups excluding carboxylic acids is 1. The minimum atomic E-state index is -1.30. The van der Waals surface area contributed by atoms with Crippen molar-refractivity contribution in [2.24, 2.45) is 0 Å². The first-order chi connectivity index (χ1) is 11.6. The summed E-state index contributed by atoms with van der Waals surface area (Å²) in [5, 5.41) is 20.6. The second kappa shape index (κ2) is 6.41. The summed E-state index contributed by atoms with van der Waals surface area (Å²) in [7, 11) is 0. The first-order valence-corrected chi connectivity index (χ1v) is 7.76. The number of para-hydroxylation sites is 1. The van der Waals surface area contributed by atoms with Crippen LogP contribution in [-0.4, -0.2) is 29.1 Å². The Morgan fingerprint density at radius 3 is 2.42 bits per heavy atom. The molecule has 1 aliphatic rings. The van der Waals surface area contributed by atoms with Gasteiger partial charge in [0, 0.05) is 17.2 Å². The van der Waals surface area contributed by atoms with Gasteiger partial charge in [-0.1, -0.05) is 48.5 Å². The van der Waals surface area contributed by atoms with Crippen LogP contribution in [0.25, 0.3) is 0 Å². The predicted molar refractivity (Wildman–Crippen MR) is 89.3 cm³/mol. The van der Waals surface area contributed by atoms with Crippen LogP contribution >= 0.6 is 0 Å². The van der Waals surface area contributed by atoms with Crippen molar-refractivity contribution in [1.82, 2.24) is 0 Å². The van der Waals surface area contributed by atoms with Gasteiger partial charge in [0.25, 0.3) is 0 Å². The molecular formula is C18H18N2O4. The van der Waals surface area contributed by atoms with Crippen LogP contribution in [0.15, 0.2) is 54.6 Å². The first-order valence-electron chi connectivity index (χ1n) is 7.76. The monoisotopic (exact) mass is 326 g/mol. The van der Waals surface area contributed by atoms with Crippen molar-refractivity contribution >= 4 is 11.6 Å². The van der Waals surface area contributed by atoms with Gasteiger partial charge in [-0.15, -0.1) is 0 Å². The number of carbonyl (C=O) groups is 1. The van der Waals surface area contributed by atoms with E-state index in [0.29, 0.717) is 17.8 Å². The molecule has 0 aliphatic carbocycles. The summed E-state index contributed by atoms with van der Waals surface area (Å²) in [5.41, 5.74) is 0.948. The van der Waals surface area contributed by atoms with E-state index in [1.165, 1.54) is 0 Å². The third-order valence-electron chi connectivity index (χ3n) is 4.49. The van der Waals surface area contributed by atoms with Crippen LogP contribution in [0, 0.1) is 10.1 Å². The summed E-state index contributed by atoms with van der Waals surface area (Å²) in [6.07, 6.45) is 0.0368. The molecule has 2 aromatic carbocycles. The Labute approximate surface area is 139 Å². The Bertz CT molecular complexity index is 763. The van der Waals surface area contributed by atoms with E-state index in [1.807, 2.05) is 36.4 Å². The summed E-state index contributed by atoms with van der Waals surface area (Å²) in [5.74, 6) is -0.321. The molecule has 1 amide bonds. The number of hydrogen-bond donors (Lipinski definition) is 1. The summed E-state index contributed by atoms with van der Waals surface area (Å²) < 4.78 is 0. The van der Waals surface area contributed by atoms with E-state index in [4.69, 9.17) is 0 Å². The van der Waals surface area contributed by atoms with Crippen molar-refractivity contribution in [2.45, 2.75) is 18.4 Å². The molecule has 1 aliphatic heterocycles. The third-order valence-corrected chi connectivity index (χ3v) is 4.49. The molecule has 0 spiro atoms. The molecule has 0 bridgehead atoms. The Balaban J connectivity index is 2.06. The first kappa shape index (κ1) is 16.1. The van der Waals surface area contributed by atoms with Gasteiger partial charge in [-0.25, -0.2) is 0 Å². The number of nitrogens with zero attached hydrogens (tertiary/aromatic N) is 2. The van der Waals surface area contributed by atoms with Gasteiger partial charge in [0.2, 0.25) is 12.5 Å². The number of amides is 1. The summed E-state index contributed by atoms with van der Waals surface area (Å²) in [4.78, 5) is 25.4. The quantitative estimate of drug-likeness (QED) is 0.651. The zero-order chi connectivity index (χ0) is 17.2. The largest absolute Gasteiger partial charge is 0.396 e. The molecule has 0 unspecified atom stereocenters. The highest BCUT2D eigenvalue weighted by molar-refractivity contribution is 6.08. The lowest BCUT2D eigenvalue weighted by molar-refractivity contribution is -0.488. The van der Waals surface area contributed by atoms with Crippen molar-refractivity contribution in [1.29, 1.82) is 0 Å². The van der Waals surface area contributed by atoms with Gasteiger partial charge in [0.15, 0.2) is 0 Å². The lowest BCUT2D eigenvalue weighted by Gasteiger charge is -2.24. The van der Waals surface area contributed by atoms with E-state index in [0.717, 1.165) is 5.56 Å². The van der Waals surface area contributed by atoms with Crippen molar-refractivity contribution in [3.8, 4) is 0 Å². The fourth-order valence-electron chi connectivity index (χ4n) is 3.40. The van der Waals surface area contributed by atoms with Crippen LogP contribution in [0.2, 0.25) is 0 Å². The number of nitro groups is 1. The molecule has 2 aromatic rings. The third kappa shape index (κ3) is 2.65. The Hall–Kier alpha value is -2.73. The molecule has 1 heterocycles. The molecule has 0 saturated heterocycles. The van der Waals surface area contributed by atoms with E-state index in [2.05, 4.69) is 0 Å². The van der Waals surface area contributed by atoms with E-state index in [9.17, 15) is 20.0 Å². The van der Waals surface area contributed by atoms with Crippen LogP contribution in [0.5, 0.6) is 0 Å². The molecule has 6 nitrogen and oxygen atoms in total. The second-order valence-electron chi connectivity index (χ2n) is 5.94. The van der Waals surface area contributed by atoms with Gasteiger partial charge in [0.05, 0.1) is 6.54 Å². The van der Waals surface area contributed by atoms with Gasteiger partial charge in [0.1, 0.15) is 5.41 Å². The Kier molecular flexibility index (Phi) is 4.31. The van der Waals surface area contributed by atoms with Gasteiger partial charge in [-0.2, -0.15) is 0 Å². The molecule has 0 aromatic heterocycles. The molecule has 6 heteroatoms. The standard InChI is InChI=1S/C18H18N2O4/c21-11-10-18(13-20(23)24)15-8-4-5-9-16(15)19(17(18)22)12-14-6-2-1-3-7-14/h1-9,21H,10-13H2/t18-/m0/s1. The van der Waals surface area contributed by atoms with Crippen LogP contribution in [0.3, 0.4) is 0 Å². The van der Waals surface area contributed by atoms with Crippen LogP contribution in [-0.2, 0) is 16.8 Å². The van der Waals surface area contributed by atoms with Crippen molar-refractivity contribution < 1.29 is 14.8 Å². The molecular weight excluding hydrogens is 308 g/mol. The SMILES string of the molecule is O=C1N(Cc2ccccc2)c2ccccc2[C@]1(CCO)C[N+](=O)[O-]. The van der Waals surface area contributed by atoms with E-state index in [1.54, 1.807) is 23.1 Å². The Morgan fingerprint density at radius 2 is 1.75 bits per heavy atom. The smallest absolute Gasteiger partial charge is 0.244 e. The highest BCUT2D eigenvalue weighted by Gasteiger charge is 2.53. The highest BCUT2D eigenvalue weighted by atomic mass is 16.6. The molecule has 0 saturated carbocycles. The second-order valence-corrected chi connectivity index (χ2v) is 5.94. The van der Waals surface area contributed by atoms with Crippen molar-refractivity contribution in [2.75, 3.05) is 18.1 Å². The number of aliphatic hydroxyl groups excluding tert-OH is 1. The predicted octanol–water partition coefficient (Wildman–Crippen LogP) is 2.13.